The smallest absolute Gasteiger partial charge is 0.205 e. The Morgan fingerprint density at radius 1 is 1.00 bits per heavy atom. The van der Waals surface area contributed by atoms with Crippen molar-refractivity contribution in [2.45, 2.75) is 58.2 Å². The molecule has 1 heterocycles. The summed E-state index contributed by atoms with van der Waals surface area (Å²) in [6, 6.07) is 7.97. The molecular weight excluding hydrogens is 408 g/mol. The summed E-state index contributed by atoms with van der Waals surface area (Å²) in [5, 5.41) is 0.190. The van der Waals surface area contributed by atoms with Crippen molar-refractivity contribution in [3.63, 3.8) is 0 Å². The van der Waals surface area contributed by atoms with Crippen molar-refractivity contribution < 1.29 is 23.4 Å². The van der Waals surface area contributed by atoms with E-state index in [0.717, 1.165) is 17.7 Å². The highest BCUT2D eigenvalue weighted by Crippen LogP contribution is 2.44. The number of ether oxygens (including phenoxy) is 4. The van der Waals surface area contributed by atoms with Gasteiger partial charge in [-0.3, -0.25) is 0 Å². The minimum absolute atomic E-state index is 0.180. The topological polar surface area (TPSA) is 46.2 Å². The molecular formula is C25H38O5Si. The van der Waals surface area contributed by atoms with Gasteiger partial charge in [-0.15, -0.1) is 0 Å². The second-order valence-corrected chi connectivity index (χ2v) is 14.8. The standard InChI is InChI=1S/C25H38O5Si/c1-25(2,3)31(6,7)30-17-19-10-13-22-20(16-29-24(27-5)23(19)22)15-28-14-18-8-11-21(26-4)12-9-18/h8-12,16,22-24H,13-15,17H2,1-7H3/t22-,23-,24-/m1/s1. The van der Waals surface area contributed by atoms with Crippen molar-refractivity contribution >= 4 is 8.32 Å². The SMILES string of the molecule is COc1ccc(COCC2=CO[C@@H](OC)[C@@H]3C(CO[Si](C)(C)C(C)(C)C)=CC[C@H]23)cc1. The Morgan fingerprint density at radius 3 is 2.32 bits per heavy atom. The van der Waals surface area contributed by atoms with Crippen molar-refractivity contribution in [3.05, 3.63) is 53.3 Å². The quantitative estimate of drug-likeness (QED) is 0.361. The van der Waals surface area contributed by atoms with Crippen LogP contribution in [-0.2, 0) is 25.2 Å². The molecule has 5 nitrogen and oxygen atoms in total. The molecule has 0 saturated heterocycles. The van der Waals surface area contributed by atoms with Crippen LogP contribution in [0.5, 0.6) is 5.75 Å². The maximum atomic E-state index is 6.51. The van der Waals surface area contributed by atoms with Gasteiger partial charge in [-0.2, -0.15) is 0 Å². The fourth-order valence-corrected chi connectivity index (χ4v) is 4.84. The highest BCUT2D eigenvalue weighted by Gasteiger charge is 2.43. The number of allylic oxidation sites excluding steroid dienone is 1. The lowest BCUT2D eigenvalue weighted by Crippen LogP contribution is -2.42. The van der Waals surface area contributed by atoms with Crippen LogP contribution < -0.4 is 4.74 Å². The van der Waals surface area contributed by atoms with Crippen molar-refractivity contribution in [2.24, 2.45) is 11.8 Å². The van der Waals surface area contributed by atoms with Crippen molar-refractivity contribution in [3.8, 4) is 5.75 Å². The van der Waals surface area contributed by atoms with Crippen molar-refractivity contribution in [2.75, 3.05) is 27.4 Å². The van der Waals surface area contributed by atoms with E-state index >= 15 is 0 Å². The van der Waals surface area contributed by atoms with Gasteiger partial charge in [-0.25, -0.2) is 0 Å². The third-order valence-electron chi connectivity index (χ3n) is 6.95. The van der Waals surface area contributed by atoms with E-state index in [1.807, 2.05) is 30.5 Å². The normalized spacial score (nSPS) is 23.6. The van der Waals surface area contributed by atoms with Gasteiger partial charge < -0.3 is 23.4 Å². The Kier molecular flexibility index (Phi) is 7.68. The molecule has 0 spiro atoms. The van der Waals surface area contributed by atoms with E-state index in [-0.39, 0.29) is 17.2 Å². The lowest BCUT2D eigenvalue weighted by molar-refractivity contribution is -0.131. The molecule has 2 aliphatic rings. The zero-order chi connectivity index (χ0) is 22.6. The van der Waals surface area contributed by atoms with Crippen LogP contribution in [0.15, 0.2) is 47.7 Å². The molecule has 1 aliphatic heterocycles. The first kappa shape index (κ1) is 24.0. The number of methoxy groups -OCH3 is 2. The summed E-state index contributed by atoms with van der Waals surface area (Å²) in [5.74, 6) is 1.37. The molecule has 31 heavy (non-hydrogen) atoms. The van der Waals surface area contributed by atoms with Crippen LogP contribution in [0.1, 0.15) is 32.8 Å². The van der Waals surface area contributed by atoms with E-state index in [4.69, 9.17) is 23.4 Å². The first-order valence-electron chi connectivity index (χ1n) is 11.1. The molecule has 3 rings (SSSR count). The summed E-state index contributed by atoms with van der Waals surface area (Å²) in [5.41, 5.74) is 3.60. The molecule has 6 heteroatoms. The summed E-state index contributed by atoms with van der Waals surface area (Å²) in [6.45, 7) is 13.2. The van der Waals surface area contributed by atoms with E-state index in [2.05, 4.69) is 39.9 Å². The van der Waals surface area contributed by atoms with Crippen LogP contribution in [0.25, 0.3) is 0 Å². The number of fused-ring (bicyclic) bond motifs is 1. The fraction of sp³-hybridized carbons (Fsp3) is 0.600. The van der Waals surface area contributed by atoms with Crippen molar-refractivity contribution in [1.29, 1.82) is 0 Å². The van der Waals surface area contributed by atoms with Gasteiger partial charge in [0.15, 0.2) is 8.32 Å². The molecule has 0 N–H and O–H groups in total. The number of hydrogen-bond acceptors (Lipinski definition) is 5. The summed E-state index contributed by atoms with van der Waals surface area (Å²) < 4.78 is 29.4. The van der Waals surface area contributed by atoms with E-state index < -0.39 is 8.32 Å². The van der Waals surface area contributed by atoms with Crippen LogP contribution in [0.2, 0.25) is 18.1 Å². The third-order valence-corrected chi connectivity index (χ3v) is 11.4. The molecule has 0 amide bonds. The molecule has 1 aromatic carbocycles. The van der Waals surface area contributed by atoms with Gasteiger partial charge in [0, 0.05) is 13.0 Å². The van der Waals surface area contributed by atoms with Crippen LogP contribution in [0.4, 0.5) is 0 Å². The highest BCUT2D eigenvalue weighted by molar-refractivity contribution is 6.74. The van der Waals surface area contributed by atoms with Crippen molar-refractivity contribution in [1.82, 2.24) is 0 Å². The van der Waals surface area contributed by atoms with Crippen LogP contribution >= 0.6 is 0 Å². The summed E-state index contributed by atoms with van der Waals surface area (Å²) >= 11 is 0. The van der Waals surface area contributed by atoms with Gasteiger partial charge in [0.25, 0.3) is 0 Å². The predicted octanol–water partition coefficient (Wildman–Crippen LogP) is 5.68. The monoisotopic (exact) mass is 446 g/mol. The minimum Gasteiger partial charge on any atom is -0.497 e. The van der Waals surface area contributed by atoms with Gasteiger partial charge in [0.2, 0.25) is 6.29 Å². The third kappa shape index (κ3) is 5.61. The molecule has 0 radical (unpaired) electrons. The van der Waals surface area contributed by atoms with E-state index in [1.165, 1.54) is 11.1 Å². The van der Waals surface area contributed by atoms with Crippen LogP contribution in [-0.4, -0.2) is 42.0 Å². The van der Waals surface area contributed by atoms with Gasteiger partial charge in [-0.1, -0.05) is 39.0 Å². The second-order valence-electron chi connectivity index (χ2n) is 9.97. The van der Waals surface area contributed by atoms with Gasteiger partial charge >= 0.3 is 0 Å². The van der Waals surface area contributed by atoms with E-state index in [1.54, 1.807) is 14.2 Å². The van der Waals surface area contributed by atoms with Gasteiger partial charge in [0.05, 0.1) is 39.1 Å². The molecule has 0 fully saturated rings. The number of hydrogen-bond donors (Lipinski definition) is 0. The fourth-order valence-electron chi connectivity index (χ4n) is 3.88. The molecule has 0 unspecified atom stereocenters. The largest absolute Gasteiger partial charge is 0.497 e. The summed E-state index contributed by atoms with van der Waals surface area (Å²) in [6.07, 6.45) is 4.86. The lowest BCUT2D eigenvalue weighted by atomic mass is 9.84. The first-order chi connectivity index (χ1) is 14.7. The van der Waals surface area contributed by atoms with Gasteiger partial charge in [0.1, 0.15) is 5.75 Å². The lowest BCUT2D eigenvalue weighted by Gasteiger charge is -2.38. The second kappa shape index (κ2) is 9.90. The Morgan fingerprint density at radius 2 is 1.71 bits per heavy atom. The first-order valence-corrected chi connectivity index (χ1v) is 14.0. The van der Waals surface area contributed by atoms with Gasteiger partial charge in [-0.05, 0) is 53.4 Å². The average molecular weight is 447 g/mol. The van der Waals surface area contributed by atoms with Crippen LogP contribution in [0, 0.1) is 11.8 Å². The van der Waals surface area contributed by atoms with E-state index in [9.17, 15) is 0 Å². The molecule has 0 aromatic heterocycles. The average Bonchev–Trinajstić information content (AvgIpc) is 3.17. The molecule has 1 aromatic rings. The Balaban J connectivity index is 1.59. The minimum atomic E-state index is -1.81. The molecule has 172 valence electrons. The predicted molar refractivity (Wildman–Crippen MR) is 125 cm³/mol. The Labute approximate surface area is 188 Å². The molecule has 3 atom stereocenters. The molecule has 0 bridgehead atoms. The molecule has 1 aliphatic carbocycles. The van der Waals surface area contributed by atoms with Crippen LogP contribution in [0.3, 0.4) is 0 Å². The maximum Gasteiger partial charge on any atom is 0.205 e. The zero-order valence-electron chi connectivity index (χ0n) is 20.1. The highest BCUT2D eigenvalue weighted by atomic mass is 28.4. The van der Waals surface area contributed by atoms with E-state index in [0.29, 0.717) is 25.7 Å². The molecule has 0 saturated carbocycles. The Hall–Kier alpha value is -1.60. The number of benzene rings is 1. The Bertz CT molecular complexity index is 791. The number of rotatable bonds is 9. The zero-order valence-corrected chi connectivity index (χ0v) is 21.1. The maximum absolute atomic E-state index is 6.51. The summed E-state index contributed by atoms with van der Waals surface area (Å²) in [7, 11) is 1.57. The summed E-state index contributed by atoms with van der Waals surface area (Å²) in [4.78, 5) is 0.